The Kier molecular flexibility index (Phi) is 6.30. The van der Waals surface area contributed by atoms with E-state index in [4.69, 9.17) is 4.74 Å². The third-order valence-electron chi connectivity index (χ3n) is 5.12. The molecule has 1 N–H and O–H groups in total. The first-order chi connectivity index (χ1) is 13.6. The number of nitrogens with one attached hydrogen (secondary N) is 1. The highest BCUT2D eigenvalue weighted by Gasteiger charge is 2.45. The number of benzene rings is 2. The molecule has 29 heavy (non-hydrogen) atoms. The van der Waals surface area contributed by atoms with Crippen LogP contribution in [0, 0.1) is 12.7 Å². The second-order valence-electron chi connectivity index (χ2n) is 7.23. The van der Waals surface area contributed by atoms with Gasteiger partial charge in [-0.05, 0) is 61.3 Å². The maximum Gasteiger partial charge on any atom is 0.184 e. The van der Waals surface area contributed by atoms with Crippen molar-refractivity contribution < 1.29 is 26.0 Å². The Hall–Kier alpha value is -1.97. The first-order valence-electron chi connectivity index (χ1n) is 9.19. The second kappa shape index (κ2) is 8.41. The molecule has 1 aliphatic rings. The summed E-state index contributed by atoms with van der Waals surface area (Å²) in [5.74, 6) is -0.467. The molecule has 0 radical (unpaired) electrons. The van der Waals surface area contributed by atoms with Gasteiger partial charge in [0, 0.05) is 6.04 Å². The maximum absolute atomic E-state index is 13.4. The molecule has 0 saturated carbocycles. The molecule has 0 aromatic heterocycles. The molecule has 0 aliphatic carbocycles. The van der Waals surface area contributed by atoms with E-state index in [0.717, 1.165) is 23.4 Å². The quantitative estimate of drug-likeness (QED) is 0.661. The molecule has 1 saturated heterocycles. The predicted molar refractivity (Wildman–Crippen MR) is 109 cm³/mol. The fraction of sp³-hybridized carbons (Fsp3) is 0.400. The minimum absolute atomic E-state index is 0.0250. The number of aryl methyl sites for hydroxylation is 1. The van der Waals surface area contributed by atoms with Crippen molar-refractivity contribution in [1.29, 1.82) is 0 Å². The highest BCUT2D eigenvalue weighted by molar-refractivity contribution is 7.96. The van der Waals surface area contributed by atoms with Gasteiger partial charge in [0.05, 0.1) is 28.8 Å². The monoisotopic (exact) mass is 441 g/mol. The summed E-state index contributed by atoms with van der Waals surface area (Å²) in [7, 11) is -5.84. The molecule has 1 aliphatic heterocycles. The van der Waals surface area contributed by atoms with Gasteiger partial charge >= 0.3 is 0 Å². The largest absolute Gasteiger partial charge is 0.497 e. The summed E-state index contributed by atoms with van der Waals surface area (Å²) in [6.07, 6.45) is 0.614. The fourth-order valence-electron chi connectivity index (χ4n) is 3.60. The minimum Gasteiger partial charge on any atom is -0.497 e. The molecule has 2 aromatic rings. The van der Waals surface area contributed by atoms with Gasteiger partial charge in [0.25, 0.3) is 0 Å². The van der Waals surface area contributed by atoms with Gasteiger partial charge in [-0.3, -0.25) is 0 Å². The Balaban J connectivity index is 1.76. The number of ether oxygens (including phenoxy) is 1. The molecule has 0 unspecified atom stereocenters. The summed E-state index contributed by atoms with van der Waals surface area (Å²) in [6.45, 7) is 1.94. The molecular weight excluding hydrogens is 417 g/mol. The first kappa shape index (κ1) is 21.7. The molecule has 6 nitrogen and oxygen atoms in total. The average Bonchev–Trinajstić information content (AvgIpc) is 2.97. The fourth-order valence-corrected chi connectivity index (χ4v) is 8.54. The van der Waals surface area contributed by atoms with Gasteiger partial charge in [0.15, 0.2) is 19.7 Å². The average molecular weight is 442 g/mol. The number of rotatable bonds is 7. The van der Waals surface area contributed by atoms with Crippen LogP contribution in [0.5, 0.6) is 5.75 Å². The summed E-state index contributed by atoms with van der Waals surface area (Å²) < 4.78 is 69.1. The summed E-state index contributed by atoms with van der Waals surface area (Å²) in [4.78, 5) is -0.0250. The van der Waals surface area contributed by atoms with Crippen LogP contribution in [0.1, 0.15) is 11.1 Å². The topological polar surface area (TPSA) is 89.5 Å². The lowest BCUT2D eigenvalue weighted by Gasteiger charge is -2.21. The molecule has 2 aromatic carbocycles. The van der Waals surface area contributed by atoms with E-state index >= 15 is 0 Å². The van der Waals surface area contributed by atoms with Crippen LogP contribution in [0.3, 0.4) is 0 Å². The van der Waals surface area contributed by atoms with E-state index in [-0.39, 0.29) is 16.2 Å². The van der Waals surface area contributed by atoms with Crippen LogP contribution < -0.4 is 10.1 Å². The van der Waals surface area contributed by atoms with E-state index in [1.165, 1.54) is 13.0 Å². The van der Waals surface area contributed by atoms with Crippen LogP contribution in [-0.4, -0.2) is 53.3 Å². The predicted octanol–water partition coefficient (Wildman–Crippen LogP) is 1.91. The Morgan fingerprint density at radius 2 is 1.83 bits per heavy atom. The van der Waals surface area contributed by atoms with Gasteiger partial charge in [-0.1, -0.05) is 12.1 Å². The molecular formula is C20H24FNO5S2. The molecule has 3 rings (SSSR count). The molecule has 1 fully saturated rings. The van der Waals surface area contributed by atoms with Gasteiger partial charge in [-0.15, -0.1) is 0 Å². The van der Waals surface area contributed by atoms with Crippen LogP contribution in [0.2, 0.25) is 0 Å². The lowest BCUT2D eigenvalue weighted by molar-refractivity contribution is 0.414. The minimum atomic E-state index is -3.94. The number of methoxy groups -OCH3 is 1. The molecule has 158 valence electrons. The summed E-state index contributed by atoms with van der Waals surface area (Å²) in [5, 5.41) is 2.00. The van der Waals surface area contributed by atoms with Crippen LogP contribution >= 0.6 is 0 Å². The van der Waals surface area contributed by atoms with Crippen molar-refractivity contribution in [3.8, 4) is 5.75 Å². The van der Waals surface area contributed by atoms with Crippen LogP contribution in [-0.2, 0) is 26.1 Å². The van der Waals surface area contributed by atoms with Gasteiger partial charge < -0.3 is 10.1 Å². The van der Waals surface area contributed by atoms with E-state index in [1.807, 2.05) is 24.3 Å². The van der Waals surface area contributed by atoms with Crippen molar-refractivity contribution in [1.82, 2.24) is 5.32 Å². The number of sulfone groups is 2. The van der Waals surface area contributed by atoms with E-state index in [2.05, 4.69) is 5.32 Å². The van der Waals surface area contributed by atoms with Crippen molar-refractivity contribution in [2.24, 2.45) is 0 Å². The molecule has 9 heteroatoms. The molecule has 0 spiro atoms. The molecule has 0 bridgehead atoms. The van der Waals surface area contributed by atoms with Gasteiger partial charge in [-0.25, -0.2) is 21.2 Å². The molecule has 1 heterocycles. The zero-order chi connectivity index (χ0) is 21.2. The second-order valence-corrected chi connectivity index (χ2v) is 11.5. The van der Waals surface area contributed by atoms with E-state index < -0.39 is 42.5 Å². The lowest BCUT2D eigenvalue weighted by atomic mass is 10.1. The SMILES string of the molecule is COc1ccc(CCN[C@H]2CS(=O)(=O)C[C@@H]2S(=O)(=O)c2ccc(F)cc2C)cc1. The van der Waals surface area contributed by atoms with Crippen molar-refractivity contribution in [2.45, 2.75) is 29.5 Å². The Morgan fingerprint density at radius 3 is 2.45 bits per heavy atom. The standard InChI is InChI=1S/C20H24FNO5S2/c1-14-11-16(21)5-8-19(14)29(25,26)20-13-28(23,24)12-18(20)22-10-9-15-3-6-17(27-2)7-4-15/h3-8,11,18,20,22H,9-10,12-13H2,1-2H3/t18-,20-/m0/s1. The smallest absolute Gasteiger partial charge is 0.184 e. The lowest BCUT2D eigenvalue weighted by Crippen LogP contribution is -2.44. The van der Waals surface area contributed by atoms with Crippen LogP contribution in [0.25, 0.3) is 0 Å². The third kappa shape index (κ3) is 4.96. The summed E-state index contributed by atoms with van der Waals surface area (Å²) >= 11 is 0. The van der Waals surface area contributed by atoms with E-state index in [9.17, 15) is 21.2 Å². The van der Waals surface area contributed by atoms with Crippen molar-refractivity contribution in [3.63, 3.8) is 0 Å². The third-order valence-corrected chi connectivity index (χ3v) is 9.43. The zero-order valence-corrected chi connectivity index (χ0v) is 17.9. The van der Waals surface area contributed by atoms with Crippen LogP contribution in [0.15, 0.2) is 47.4 Å². The Bertz CT molecular complexity index is 1080. The maximum atomic E-state index is 13.4. The van der Waals surface area contributed by atoms with Crippen LogP contribution in [0.4, 0.5) is 4.39 Å². The highest BCUT2D eigenvalue weighted by Crippen LogP contribution is 2.28. The molecule has 2 atom stereocenters. The zero-order valence-electron chi connectivity index (χ0n) is 16.3. The van der Waals surface area contributed by atoms with E-state index in [1.54, 1.807) is 7.11 Å². The van der Waals surface area contributed by atoms with Crippen molar-refractivity contribution in [3.05, 3.63) is 59.4 Å². The van der Waals surface area contributed by atoms with Gasteiger partial charge in [-0.2, -0.15) is 0 Å². The first-order valence-corrected chi connectivity index (χ1v) is 12.6. The number of hydrogen-bond donors (Lipinski definition) is 1. The highest BCUT2D eigenvalue weighted by atomic mass is 32.2. The van der Waals surface area contributed by atoms with Gasteiger partial charge in [0.2, 0.25) is 0 Å². The summed E-state index contributed by atoms with van der Waals surface area (Å²) in [6, 6.07) is 10.2. The van der Waals surface area contributed by atoms with Crippen molar-refractivity contribution in [2.75, 3.05) is 25.2 Å². The summed E-state index contributed by atoms with van der Waals surface area (Å²) in [5.41, 5.74) is 1.29. The Labute approximate surface area is 170 Å². The number of hydrogen-bond acceptors (Lipinski definition) is 6. The van der Waals surface area contributed by atoms with E-state index in [0.29, 0.717) is 13.0 Å². The normalized spacial score (nSPS) is 21.2. The van der Waals surface area contributed by atoms with Crippen molar-refractivity contribution >= 4 is 19.7 Å². The Morgan fingerprint density at radius 1 is 1.14 bits per heavy atom. The molecule has 0 amide bonds. The van der Waals surface area contributed by atoms with Gasteiger partial charge in [0.1, 0.15) is 11.6 Å². The number of halogens is 1.